The van der Waals surface area contributed by atoms with Crippen LogP contribution in [0.15, 0.2) is 0 Å². The van der Waals surface area contributed by atoms with Gasteiger partial charge in [-0.1, -0.05) is 0 Å². The van der Waals surface area contributed by atoms with Gasteiger partial charge in [0.05, 0.1) is 19.8 Å². The fourth-order valence-corrected chi connectivity index (χ4v) is 0.540. The second-order valence-corrected chi connectivity index (χ2v) is 2.25. The van der Waals surface area contributed by atoms with Crippen LogP contribution < -0.4 is 5.73 Å². The van der Waals surface area contributed by atoms with E-state index in [0.29, 0.717) is 19.8 Å². The van der Waals surface area contributed by atoms with Crippen LogP contribution in [0.1, 0.15) is 6.92 Å². The lowest BCUT2D eigenvalue weighted by Gasteiger charge is -2.07. The van der Waals surface area contributed by atoms with E-state index in [1.54, 1.807) is 0 Å². The molecule has 0 aromatic rings. The Bertz CT molecular complexity index is 129. The molecule has 5 heteroatoms. The Morgan fingerprint density at radius 1 is 1.50 bits per heavy atom. The molecule has 0 amide bonds. The highest BCUT2D eigenvalue weighted by Gasteiger charge is 2.09. The molecule has 0 aliphatic rings. The molecule has 0 saturated carbocycles. The zero-order valence-corrected chi connectivity index (χ0v) is 7.16. The van der Waals surface area contributed by atoms with Crippen molar-refractivity contribution in [2.75, 3.05) is 26.4 Å². The van der Waals surface area contributed by atoms with Gasteiger partial charge >= 0.3 is 5.97 Å². The Kier molecular flexibility index (Phi) is 6.64. The number of nitrogens with two attached hydrogens (primary N) is 1. The first-order valence-corrected chi connectivity index (χ1v) is 3.80. The van der Waals surface area contributed by atoms with Crippen LogP contribution >= 0.6 is 0 Å². The number of ether oxygens (including phenoxy) is 2. The van der Waals surface area contributed by atoms with E-state index >= 15 is 0 Å². The van der Waals surface area contributed by atoms with Gasteiger partial charge in [-0.2, -0.15) is 0 Å². The molecule has 0 aromatic heterocycles. The van der Waals surface area contributed by atoms with Crippen LogP contribution in [0.4, 0.5) is 0 Å². The van der Waals surface area contributed by atoms with Crippen LogP contribution in [0, 0.1) is 0 Å². The van der Waals surface area contributed by atoms with Gasteiger partial charge < -0.3 is 20.3 Å². The first kappa shape index (κ1) is 11.4. The van der Waals surface area contributed by atoms with Crippen LogP contribution in [0.25, 0.3) is 0 Å². The van der Waals surface area contributed by atoms with Crippen molar-refractivity contribution in [3.05, 3.63) is 0 Å². The Balaban J connectivity index is 3.14. The summed E-state index contributed by atoms with van der Waals surface area (Å²) in [5.41, 5.74) is 5.16. The molecule has 72 valence electrons. The number of aliphatic carboxylic acids is 1. The Hall–Kier alpha value is -0.650. The molecule has 0 aliphatic carbocycles. The van der Waals surface area contributed by atoms with Crippen molar-refractivity contribution < 1.29 is 19.4 Å². The van der Waals surface area contributed by atoms with E-state index in [4.69, 9.17) is 20.3 Å². The van der Waals surface area contributed by atoms with Gasteiger partial charge in [0.2, 0.25) is 0 Å². The summed E-state index contributed by atoms with van der Waals surface area (Å²) in [5.74, 6) is -0.964. The number of hydrogen-bond acceptors (Lipinski definition) is 4. The van der Waals surface area contributed by atoms with E-state index in [-0.39, 0.29) is 6.61 Å². The van der Waals surface area contributed by atoms with Gasteiger partial charge in [0.15, 0.2) is 6.10 Å². The van der Waals surface area contributed by atoms with E-state index in [9.17, 15) is 4.79 Å². The van der Waals surface area contributed by atoms with Crippen molar-refractivity contribution in [3.8, 4) is 0 Å². The number of carbonyl (C=O) groups is 1. The highest BCUT2D eigenvalue weighted by molar-refractivity contribution is 5.71. The van der Waals surface area contributed by atoms with Gasteiger partial charge in [-0.15, -0.1) is 0 Å². The first-order valence-electron chi connectivity index (χ1n) is 3.80. The van der Waals surface area contributed by atoms with Crippen molar-refractivity contribution >= 4 is 5.97 Å². The molecule has 1 unspecified atom stereocenters. The standard InChI is InChI=1S/C7H15NO4/c1-6(7(9)10)12-5-4-11-3-2-8/h6H,2-5,8H2,1H3,(H,9,10). The summed E-state index contributed by atoms with van der Waals surface area (Å²) in [6.45, 7) is 3.09. The normalized spacial score (nSPS) is 12.8. The largest absolute Gasteiger partial charge is 0.479 e. The van der Waals surface area contributed by atoms with Gasteiger partial charge in [-0.25, -0.2) is 4.79 Å². The third kappa shape index (κ3) is 6.09. The second-order valence-electron chi connectivity index (χ2n) is 2.25. The minimum absolute atomic E-state index is 0.285. The molecule has 1 atom stereocenters. The summed E-state index contributed by atoms with van der Waals surface area (Å²) in [4.78, 5) is 10.2. The maximum atomic E-state index is 10.2. The monoisotopic (exact) mass is 177 g/mol. The van der Waals surface area contributed by atoms with Crippen molar-refractivity contribution in [2.45, 2.75) is 13.0 Å². The maximum absolute atomic E-state index is 10.2. The van der Waals surface area contributed by atoms with E-state index in [2.05, 4.69) is 0 Å². The van der Waals surface area contributed by atoms with Gasteiger partial charge in [-0.05, 0) is 6.92 Å². The van der Waals surface area contributed by atoms with Gasteiger partial charge in [0, 0.05) is 6.54 Å². The molecule has 0 fully saturated rings. The Morgan fingerprint density at radius 3 is 2.67 bits per heavy atom. The Morgan fingerprint density at radius 2 is 2.17 bits per heavy atom. The minimum Gasteiger partial charge on any atom is -0.479 e. The fraction of sp³-hybridized carbons (Fsp3) is 0.857. The molecule has 3 N–H and O–H groups in total. The third-order valence-electron chi connectivity index (χ3n) is 1.21. The summed E-state index contributed by atoms with van der Waals surface area (Å²) < 4.78 is 9.85. The lowest BCUT2D eigenvalue weighted by molar-refractivity contribution is -0.149. The minimum atomic E-state index is -0.964. The van der Waals surface area contributed by atoms with Crippen LogP contribution in [0.5, 0.6) is 0 Å². The van der Waals surface area contributed by atoms with Gasteiger partial charge in [0.1, 0.15) is 0 Å². The average molecular weight is 177 g/mol. The molecule has 0 aromatic carbocycles. The predicted octanol–water partition coefficient (Wildman–Crippen LogP) is -0.549. The lowest BCUT2D eigenvalue weighted by atomic mass is 10.4. The molecule has 0 rings (SSSR count). The summed E-state index contributed by atoms with van der Waals surface area (Å²) >= 11 is 0. The smallest absolute Gasteiger partial charge is 0.332 e. The predicted molar refractivity (Wildman–Crippen MR) is 42.9 cm³/mol. The molecular formula is C7H15NO4. The number of carboxylic acids is 1. The second kappa shape index (κ2) is 7.02. The Labute approximate surface area is 71.5 Å². The molecular weight excluding hydrogens is 162 g/mol. The maximum Gasteiger partial charge on any atom is 0.332 e. The topological polar surface area (TPSA) is 81.8 Å². The van der Waals surface area contributed by atoms with E-state index in [1.165, 1.54) is 6.92 Å². The van der Waals surface area contributed by atoms with Crippen LogP contribution in [0.2, 0.25) is 0 Å². The highest BCUT2D eigenvalue weighted by Crippen LogP contribution is 1.89. The fourth-order valence-electron chi connectivity index (χ4n) is 0.540. The van der Waals surface area contributed by atoms with Crippen molar-refractivity contribution in [3.63, 3.8) is 0 Å². The number of rotatable bonds is 7. The summed E-state index contributed by atoms with van der Waals surface area (Å²) in [6.07, 6.45) is -0.772. The van der Waals surface area contributed by atoms with Gasteiger partial charge in [-0.3, -0.25) is 0 Å². The van der Waals surface area contributed by atoms with E-state index in [1.807, 2.05) is 0 Å². The van der Waals surface area contributed by atoms with Gasteiger partial charge in [0.25, 0.3) is 0 Å². The third-order valence-corrected chi connectivity index (χ3v) is 1.21. The quantitative estimate of drug-likeness (QED) is 0.510. The SMILES string of the molecule is CC(OCCOCCN)C(=O)O. The summed E-state index contributed by atoms with van der Waals surface area (Å²) in [5, 5.41) is 8.40. The van der Waals surface area contributed by atoms with Crippen LogP contribution in [-0.4, -0.2) is 43.5 Å². The lowest BCUT2D eigenvalue weighted by Crippen LogP contribution is -2.22. The van der Waals surface area contributed by atoms with Crippen LogP contribution in [-0.2, 0) is 14.3 Å². The molecule has 5 nitrogen and oxygen atoms in total. The zero-order valence-electron chi connectivity index (χ0n) is 7.16. The van der Waals surface area contributed by atoms with Crippen molar-refractivity contribution in [1.29, 1.82) is 0 Å². The molecule has 0 bridgehead atoms. The van der Waals surface area contributed by atoms with E-state index in [0.717, 1.165) is 0 Å². The summed E-state index contributed by atoms with van der Waals surface area (Å²) in [6, 6.07) is 0. The molecule has 0 heterocycles. The van der Waals surface area contributed by atoms with Crippen molar-refractivity contribution in [1.82, 2.24) is 0 Å². The molecule has 0 aliphatic heterocycles. The number of hydrogen-bond donors (Lipinski definition) is 2. The van der Waals surface area contributed by atoms with Crippen molar-refractivity contribution in [2.24, 2.45) is 5.73 Å². The first-order chi connectivity index (χ1) is 5.68. The van der Waals surface area contributed by atoms with E-state index < -0.39 is 12.1 Å². The molecule has 0 radical (unpaired) electrons. The summed E-state index contributed by atoms with van der Waals surface area (Å²) in [7, 11) is 0. The van der Waals surface area contributed by atoms with Crippen LogP contribution in [0.3, 0.4) is 0 Å². The number of carboxylic acid groups (broad SMARTS) is 1. The average Bonchev–Trinajstić information content (AvgIpc) is 2.03. The molecule has 0 spiro atoms. The molecule has 0 saturated heterocycles. The molecule has 12 heavy (non-hydrogen) atoms. The highest BCUT2D eigenvalue weighted by atomic mass is 16.5. The zero-order chi connectivity index (χ0) is 9.40.